The first-order valence-corrected chi connectivity index (χ1v) is 11.5. The third-order valence-corrected chi connectivity index (χ3v) is 6.33. The predicted molar refractivity (Wildman–Crippen MR) is 140 cm³/mol. The van der Waals surface area contributed by atoms with Gasteiger partial charge in [0.1, 0.15) is 11.5 Å². The van der Waals surface area contributed by atoms with Crippen molar-refractivity contribution >= 4 is 10.8 Å². The zero-order valence-corrected chi connectivity index (χ0v) is 19.7. The maximum atomic E-state index is 13.7. The fraction of sp³-hybridized carbons (Fsp3) is 0.129. The number of rotatable bonds is 5. The maximum absolute atomic E-state index is 13.7. The van der Waals surface area contributed by atoms with Gasteiger partial charge in [0.15, 0.2) is 0 Å². The van der Waals surface area contributed by atoms with E-state index in [0.717, 1.165) is 44.7 Å². The number of aryl methyl sites for hydroxylation is 3. The number of nitrogens with zero attached hydrogens (tertiary/aromatic N) is 1. The van der Waals surface area contributed by atoms with Crippen LogP contribution in [-0.4, -0.2) is 4.57 Å². The van der Waals surface area contributed by atoms with Crippen LogP contribution in [0.5, 0.6) is 11.5 Å². The molecule has 0 saturated carbocycles. The van der Waals surface area contributed by atoms with Gasteiger partial charge in [0.2, 0.25) is 0 Å². The molecule has 168 valence electrons. The molecule has 0 saturated heterocycles. The number of para-hydroxylation sites is 1. The number of aromatic nitrogens is 1. The molecule has 0 N–H and O–H groups in total. The monoisotopic (exact) mass is 445 g/mol. The van der Waals surface area contributed by atoms with Crippen LogP contribution in [0.15, 0.2) is 102 Å². The fourth-order valence-electron chi connectivity index (χ4n) is 4.44. The fourth-order valence-corrected chi connectivity index (χ4v) is 4.44. The molecule has 34 heavy (non-hydrogen) atoms. The Morgan fingerprint density at radius 3 is 2.15 bits per heavy atom. The molecular weight excluding hydrogens is 418 g/mol. The lowest BCUT2D eigenvalue weighted by molar-refractivity contribution is 0.483. The van der Waals surface area contributed by atoms with Crippen LogP contribution in [-0.2, 0) is 6.54 Å². The van der Waals surface area contributed by atoms with Gasteiger partial charge in [-0.2, -0.15) is 0 Å². The minimum atomic E-state index is 0.0285. The van der Waals surface area contributed by atoms with Crippen LogP contribution in [0.1, 0.15) is 22.3 Å². The first-order chi connectivity index (χ1) is 16.5. The van der Waals surface area contributed by atoms with Crippen LogP contribution in [0.3, 0.4) is 0 Å². The van der Waals surface area contributed by atoms with Crippen LogP contribution in [0.2, 0.25) is 0 Å². The number of pyridine rings is 1. The standard InChI is InChI=1S/C31H27NO2/c1-21-12-13-25(23(3)18-21)20-32-30(19-29-22(2)8-7-11-28(29)31(32)33)24-14-16-27(17-15-24)34-26-9-5-4-6-10-26/h4-19H,20H2,1-3H3. The van der Waals surface area contributed by atoms with Crippen molar-refractivity contribution < 1.29 is 4.74 Å². The first kappa shape index (κ1) is 21.7. The third-order valence-electron chi connectivity index (χ3n) is 6.33. The molecule has 5 rings (SSSR count). The predicted octanol–water partition coefficient (Wildman–Crippen LogP) is 7.43. The second kappa shape index (κ2) is 9.03. The Kier molecular flexibility index (Phi) is 5.77. The van der Waals surface area contributed by atoms with Gasteiger partial charge >= 0.3 is 0 Å². The molecule has 1 aromatic heterocycles. The van der Waals surface area contributed by atoms with Crippen LogP contribution >= 0.6 is 0 Å². The third kappa shape index (κ3) is 4.25. The summed E-state index contributed by atoms with van der Waals surface area (Å²) in [5.41, 5.74) is 6.56. The average Bonchev–Trinajstić information content (AvgIpc) is 2.84. The van der Waals surface area contributed by atoms with Crippen LogP contribution in [0, 0.1) is 20.8 Å². The highest BCUT2D eigenvalue weighted by Crippen LogP contribution is 2.29. The van der Waals surface area contributed by atoms with Crippen molar-refractivity contribution in [1.29, 1.82) is 0 Å². The summed E-state index contributed by atoms with van der Waals surface area (Å²) in [5, 5.41) is 1.74. The van der Waals surface area contributed by atoms with Crippen molar-refractivity contribution in [2.75, 3.05) is 0 Å². The molecule has 0 atom stereocenters. The summed E-state index contributed by atoms with van der Waals surface area (Å²) in [7, 11) is 0. The lowest BCUT2D eigenvalue weighted by atomic mass is 10.0. The largest absolute Gasteiger partial charge is 0.457 e. The molecule has 0 unspecified atom stereocenters. The second-order valence-corrected chi connectivity index (χ2v) is 8.83. The van der Waals surface area contributed by atoms with Gasteiger partial charge in [0.05, 0.1) is 12.2 Å². The quantitative estimate of drug-likeness (QED) is 0.282. The molecule has 0 aliphatic heterocycles. The van der Waals surface area contributed by atoms with E-state index in [0.29, 0.717) is 6.54 Å². The molecule has 0 radical (unpaired) electrons. The molecule has 0 aliphatic carbocycles. The van der Waals surface area contributed by atoms with Gasteiger partial charge < -0.3 is 9.30 Å². The molecule has 5 aromatic rings. The SMILES string of the molecule is Cc1ccc(Cn2c(-c3ccc(Oc4ccccc4)cc3)cc3c(C)cccc3c2=O)c(C)c1. The minimum absolute atomic E-state index is 0.0285. The summed E-state index contributed by atoms with van der Waals surface area (Å²) < 4.78 is 7.86. The molecule has 0 bridgehead atoms. The van der Waals surface area contributed by atoms with Crippen molar-refractivity contribution in [2.45, 2.75) is 27.3 Å². The van der Waals surface area contributed by atoms with E-state index in [-0.39, 0.29) is 5.56 Å². The molecule has 3 nitrogen and oxygen atoms in total. The van der Waals surface area contributed by atoms with E-state index in [1.165, 1.54) is 11.1 Å². The Bertz CT molecular complexity index is 1530. The van der Waals surface area contributed by atoms with E-state index < -0.39 is 0 Å². The van der Waals surface area contributed by atoms with Gasteiger partial charge in [-0.3, -0.25) is 4.79 Å². The van der Waals surface area contributed by atoms with Crippen molar-refractivity contribution in [3.8, 4) is 22.8 Å². The Balaban J connectivity index is 1.62. The highest BCUT2D eigenvalue weighted by molar-refractivity contribution is 5.88. The van der Waals surface area contributed by atoms with Crippen LogP contribution < -0.4 is 10.3 Å². The van der Waals surface area contributed by atoms with Gasteiger partial charge in [-0.15, -0.1) is 0 Å². The molecule has 3 heteroatoms. The topological polar surface area (TPSA) is 31.2 Å². The first-order valence-electron chi connectivity index (χ1n) is 11.5. The molecule has 1 heterocycles. The lowest BCUT2D eigenvalue weighted by Gasteiger charge is -2.17. The second-order valence-electron chi connectivity index (χ2n) is 8.83. The van der Waals surface area contributed by atoms with Gasteiger partial charge in [-0.05, 0) is 96.9 Å². The molecule has 0 amide bonds. The van der Waals surface area contributed by atoms with E-state index in [4.69, 9.17) is 4.74 Å². The van der Waals surface area contributed by atoms with Gasteiger partial charge in [-0.25, -0.2) is 0 Å². The average molecular weight is 446 g/mol. The number of ether oxygens (including phenoxy) is 1. The summed E-state index contributed by atoms with van der Waals surface area (Å²) in [5.74, 6) is 1.55. The van der Waals surface area contributed by atoms with E-state index >= 15 is 0 Å². The number of benzene rings is 4. The Morgan fingerprint density at radius 1 is 0.676 bits per heavy atom. The van der Waals surface area contributed by atoms with Crippen molar-refractivity contribution in [1.82, 2.24) is 4.57 Å². The zero-order valence-electron chi connectivity index (χ0n) is 19.7. The van der Waals surface area contributed by atoms with Gasteiger partial charge in [0, 0.05) is 5.39 Å². The summed E-state index contributed by atoms with van der Waals surface area (Å²) in [6.45, 7) is 6.77. The highest BCUT2D eigenvalue weighted by atomic mass is 16.5. The Morgan fingerprint density at radius 2 is 1.41 bits per heavy atom. The number of hydrogen-bond acceptors (Lipinski definition) is 2. The summed E-state index contributed by atoms with van der Waals surface area (Å²) >= 11 is 0. The number of hydrogen-bond donors (Lipinski definition) is 0. The van der Waals surface area contributed by atoms with Crippen molar-refractivity contribution in [2.24, 2.45) is 0 Å². The summed E-state index contributed by atoms with van der Waals surface area (Å²) in [4.78, 5) is 13.7. The molecule has 0 aliphatic rings. The zero-order chi connectivity index (χ0) is 23.7. The molecular formula is C31H27NO2. The highest BCUT2D eigenvalue weighted by Gasteiger charge is 2.14. The van der Waals surface area contributed by atoms with Crippen LogP contribution in [0.25, 0.3) is 22.0 Å². The summed E-state index contributed by atoms with van der Waals surface area (Å²) in [6, 6.07) is 32.2. The van der Waals surface area contributed by atoms with E-state index in [1.54, 1.807) is 0 Å². The summed E-state index contributed by atoms with van der Waals surface area (Å²) in [6.07, 6.45) is 0. The maximum Gasteiger partial charge on any atom is 0.259 e. The Labute approximate surface area is 199 Å². The number of fused-ring (bicyclic) bond motifs is 1. The Hall–Kier alpha value is -4.11. The van der Waals surface area contributed by atoms with Crippen molar-refractivity contribution in [3.63, 3.8) is 0 Å². The van der Waals surface area contributed by atoms with Crippen molar-refractivity contribution in [3.05, 3.63) is 130 Å². The van der Waals surface area contributed by atoms with E-state index in [9.17, 15) is 4.79 Å². The normalized spacial score (nSPS) is 11.0. The van der Waals surface area contributed by atoms with E-state index in [1.807, 2.05) is 71.3 Å². The van der Waals surface area contributed by atoms with Crippen LogP contribution in [0.4, 0.5) is 0 Å². The molecule has 0 spiro atoms. The molecule has 0 fully saturated rings. The lowest BCUT2D eigenvalue weighted by Crippen LogP contribution is -2.23. The van der Waals surface area contributed by atoms with E-state index in [2.05, 4.69) is 51.1 Å². The van der Waals surface area contributed by atoms with Gasteiger partial charge in [-0.1, -0.05) is 54.1 Å². The van der Waals surface area contributed by atoms with Gasteiger partial charge in [0.25, 0.3) is 5.56 Å². The molecule has 4 aromatic carbocycles. The smallest absolute Gasteiger partial charge is 0.259 e. The minimum Gasteiger partial charge on any atom is -0.457 e.